The number of nitrogens with one attached hydrogen (secondary N) is 1. The minimum absolute atomic E-state index is 0.326. The second kappa shape index (κ2) is 8.03. The molecule has 1 aromatic rings. The van der Waals surface area contributed by atoms with Gasteiger partial charge in [0.2, 0.25) is 0 Å². The molecule has 0 saturated heterocycles. The van der Waals surface area contributed by atoms with E-state index >= 15 is 0 Å². The highest BCUT2D eigenvalue weighted by Gasteiger charge is 2.32. The molecule has 114 valence electrons. The Morgan fingerprint density at radius 3 is 2.48 bits per heavy atom. The van der Waals surface area contributed by atoms with Crippen molar-refractivity contribution in [3.8, 4) is 0 Å². The van der Waals surface area contributed by atoms with Crippen molar-refractivity contribution in [2.24, 2.45) is 0 Å². The van der Waals surface area contributed by atoms with Crippen LogP contribution in [-0.4, -0.2) is 26.8 Å². The van der Waals surface area contributed by atoms with Crippen LogP contribution in [0.1, 0.15) is 12.0 Å². The van der Waals surface area contributed by atoms with Gasteiger partial charge in [-0.15, -0.1) is 0 Å². The predicted octanol–water partition coefficient (Wildman–Crippen LogP) is 3.79. The summed E-state index contributed by atoms with van der Waals surface area (Å²) in [6.45, 7) is 0. The smallest absolute Gasteiger partial charge is 0.305 e. The van der Waals surface area contributed by atoms with E-state index in [9.17, 15) is 9.59 Å². The first-order chi connectivity index (χ1) is 9.70. The van der Waals surface area contributed by atoms with Gasteiger partial charge in [0.1, 0.15) is 0 Å². The van der Waals surface area contributed by atoms with E-state index in [4.69, 9.17) is 39.9 Å². The Balaban J connectivity index is 2.86. The summed E-state index contributed by atoms with van der Waals surface area (Å²) in [6, 6.07) is 6.55. The average Bonchev–Trinajstić information content (AvgIpc) is 2.35. The Labute approximate surface area is 145 Å². The van der Waals surface area contributed by atoms with Gasteiger partial charge in [-0.2, -0.15) is 0 Å². The van der Waals surface area contributed by atoms with E-state index in [0.717, 1.165) is 10.0 Å². The number of carboxylic acid groups (broad SMARTS) is 1. The molecule has 21 heavy (non-hydrogen) atoms. The van der Waals surface area contributed by atoms with Crippen LogP contribution in [0.3, 0.4) is 0 Å². The van der Waals surface area contributed by atoms with Gasteiger partial charge in [-0.05, 0) is 11.6 Å². The number of hydrogen-bond acceptors (Lipinski definition) is 2. The highest BCUT2D eigenvalue weighted by molar-refractivity contribution is 9.10. The Bertz CT molecular complexity index is 558. The number of rotatable bonds is 5. The molecule has 0 aliphatic carbocycles. The highest BCUT2D eigenvalue weighted by Crippen LogP contribution is 2.26. The number of carbonyl (C=O) groups excluding carboxylic acids is 1. The summed E-state index contributed by atoms with van der Waals surface area (Å²) in [5.41, 5.74) is 0.830. The summed E-state index contributed by atoms with van der Waals surface area (Å²) >= 11 is 19.7. The molecule has 0 aliphatic rings. The van der Waals surface area contributed by atoms with Crippen molar-refractivity contribution in [1.82, 2.24) is 5.32 Å². The van der Waals surface area contributed by atoms with Crippen molar-refractivity contribution >= 4 is 68.7 Å². The van der Waals surface area contributed by atoms with Crippen LogP contribution < -0.4 is 5.32 Å². The van der Waals surface area contributed by atoms with Crippen LogP contribution in [0.2, 0.25) is 0 Å². The van der Waals surface area contributed by atoms with Crippen LogP contribution in [0.5, 0.6) is 0 Å². The van der Waals surface area contributed by atoms with E-state index in [1.165, 1.54) is 6.08 Å². The molecule has 4 nitrogen and oxygen atoms in total. The zero-order valence-corrected chi connectivity index (χ0v) is 14.4. The fourth-order valence-corrected chi connectivity index (χ4v) is 2.02. The molecule has 0 unspecified atom stereocenters. The molecule has 2 N–H and O–H groups in total. The third-order valence-electron chi connectivity index (χ3n) is 2.38. The summed E-state index contributed by atoms with van der Waals surface area (Å²) in [7, 11) is 0. The topological polar surface area (TPSA) is 66.4 Å². The third-order valence-corrected chi connectivity index (χ3v) is 3.62. The van der Waals surface area contributed by atoms with Gasteiger partial charge in [0.15, 0.2) is 0 Å². The number of aliphatic carboxylic acids is 1. The van der Waals surface area contributed by atoms with Gasteiger partial charge < -0.3 is 10.4 Å². The molecular formula is C13H11BrCl3NO3. The number of carboxylic acids is 1. The molecule has 0 spiro atoms. The maximum atomic E-state index is 11.6. The molecule has 0 aliphatic heterocycles. The van der Waals surface area contributed by atoms with E-state index < -0.39 is 21.7 Å². The van der Waals surface area contributed by atoms with Crippen LogP contribution in [0.15, 0.2) is 34.8 Å². The molecule has 0 radical (unpaired) electrons. The normalized spacial score (nSPS) is 13.1. The first-order valence-electron chi connectivity index (χ1n) is 5.72. The summed E-state index contributed by atoms with van der Waals surface area (Å²) in [6.07, 6.45) is 2.88. The van der Waals surface area contributed by atoms with E-state index in [2.05, 4.69) is 21.2 Å². The number of alkyl halides is 3. The molecule has 1 atom stereocenters. The van der Waals surface area contributed by atoms with Gasteiger partial charge in [0, 0.05) is 4.47 Å². The Kier molecular flexibility index (Phi) is 7.00. The first kappa shape index (κ1) is 18.3. The average molecular weight is 415 g/mol. The van der Waals surface area contributed by atoms with E-state index in [-0.39, 0.29) is 6.42 Å². The molecule has 0 saturated carbocycles. The maximum absolute atomic E-state index is 11.6. The fraction of sp³-hybridized carbons (Fsp3) is 0.231. The maximum Gasteiger partial charge on any atom is 0.305 e. The largest absolute Gasteiger partial charge is 0.481 e. The van der Waals surface area contributed by atoms with E-state index in [1.807, 2.05) is 24.3 Å². The van der Waals surface area contributed by atoms with Gasteiger partial charge in [-0.1, -0.05) is 81.1 Å². The minimum atomic E-state index is -2.14. The summed E-state index contributed by atoms with van der Waals surface area (Å²) in [5.74, 6) is -1.96. The second-order valence-electron chi connectivity index (χ2n) is 4.06. The fourth-order valence-electron chi connectivity index (χ4n) is 1.44. The molecule has 0 bridgehead atoms. The lowest BCUT2D eigenvalue weighted by Gasteiger charge is -2.17. The van der Waals surface area contributed by atoms with Crippen LogP contribution in [0.25, 0.3) is 6.08 Å². The predicted molar refractivity (Wildman–Crippen MR) is 87.6 cm³/mol. The highest BCUT2D eigenvalue weighted by atomic mass is 79.9. The van der Waals surface area contributed by atoms with Crippen LogP contribution in [-0.2, 0) is 9.59 Å². The van der Waals surface area contributed by atoms with Gasteiger partial charge in [0.05, 0.1) is 12.5 Å². The molecule has 8 heteroatoms. The second-order valence-corrected chi connectivity index (χ2v) is 7.19. The molecule has 0 heterocycles. The minimum Gasteiger partial charge on any atom is -0.481 e. The van der Waals surface area contributed by atoms with Gasteiger partial charge in [0.25, 0.3) is 9.70 Å². The van der Waals surface area contributed by atoms with Crippen molar-refractivity contribution in [2.75, 3.05) is 0 Å². The third kappa shape index (κ3) is 6.70. The van der Waals surface area contributed by atoms with Crippen LogP contribution in [0, 0.1) is 0 Å². The Morgan fingerprint density at radius 2 is 1.95 bits per heavy atom. The summed E-state index contributed by atoms with van der Waals surface area (Å²) < 4.78 is -1.30. The molecule has 1 rings (SSSR count). The molecule has 1 aromatic carbocycles. The van der Waals surface area contributed by atoms with E-state index in [0.29, 0.717) is 0 Å². The molecule has 0 fully saturated rings. The Hall–Kier alpha value is -0.750. The van der Waals surface area contributed by atoms with Gasteiger partial charge in [-0.25, -0.2) is 0 Å². The number of hydrogen-bond donors (Lipinski definition) is 2. The molecule has 1 amide bonds. The van der Waals surface area contributed by atoms with Crippen LogP contribution >= 0.6 is 50.7 Å². The number of halogens is 4. The summed E-state index contributed by atoms with van der Waals surface area (Å²) in [4.78, 5) is 22.4. The van der Waals surface area contributed by atoms with Crippen molar-refractivity contribution in [3.05, 3.63) is 40.4 Å². The Morgan fingerprint density at radius 1 is 1.33 bits per heavy atom. The van der Waals surface area contributed by atoms with E-state index in [1.54, 1.807) is 6.08 Å². The standard InChI is InChI=1S/C13H11BrCl3NO3/c14-10-4-2-1-3-8(10)5-6-9(7-11(19)20)18-12(21)13(15,16)17/h1-6,9H,7H2,(H,18,21)(H,19,20)/b6-5+/t9-/m1/s1. The number of benzene rings is 1. The van der Waals surface area contributed by atoms with Crippen molar-refractivity contribution in [1.29, 1.82) is 0 Å². The quantitative estimate of drug-likeness (QED) is 0.719. The first-order valence-corrected chi connectivity index (χ1v) is 7.65. The number of amides is 1. The van der Waals surface area contributed by atoms with Gasteiger partial charge >= 0.3 is 5.97 Å². The molecular weight excluding hydrogens is 404 g/mol. The van der Waals surface area contributed by atoms with Crippen molar-refractivity contribution < 1.29 is 14.7 Å². The number of carbonyl (C=O) groups is 2. The van der Waals surface area contributed by atoms with Crippen molar-refractivity contribution in [2.45, 2.75) is 16.3 Å². The zero-order chi connectivity index (χ0) is 16.0. The lowest BCUT2D eigenvalue weighted by molar-refractivity contribution is -0.137. The lowest BCUT2D eigenvalue weighted by atomic mass is 10.1. The molecule has 0 aromatic heterocycles. The van der Waals surface area contributed by atoms with Crippen molar-refractivity contribution in [3.63, 3.8) is 0 Å². The monoisotopic (exact) mass is 413 g/mol. The lowest BCUT2D eigenvalue weighted by Crippen LogP contribution is -2.41. The zero-order valence-electron chi connectivity index (χ0n) is 10.5. The van der Waals surface area contributed by atoms with Gasteiger partial charge in [-0.3, -0.25) is 9.59 Å². The SMILES string of the molecule is O=C(O)C[C@@H](/C=C/c1ccccc1Br)NC(=O)C(Cl)(Cl)Cl. The summed E-state index contributed by atoms with van der Waals surface area (Å²) in [5, 5.41) is 11.2. The van der Waals surface area contributed by atoms with Crippen LogP contribution in [0.4, 0.5) is 0 Å².